The highest BCUT2D eigenvalue weighted by Gasteiger charge is 2.27. The van der Waals surface area contributed by atoms with Gasteiger partial charge in [-0.1, -0.05) is 17.7 Å². The zero-order chi connectivity index (χ0) is 20.8. The normalized spacial score (nSPS) is 14.5. The van der Waals surface area contributed by atoms with Crippen LogP contribution < -0.4 is 9.47 Å². The third-order valence-electron chi connectivity index (χ3n) is 5.50. The van der Waals surface area contributed by atoms with E-state index in [-0.39, 0.29) is 17.6 Å². The van der Waals surface area contributed by atoms with Crippen molar-refractivity contribution in [1.29, 1.82) is 0 Å². The minimum absolute atomic E-state index is 0.0288. The van der Waals surface area contributed by atoms with E-state index in [0.29, 0.717) is 44.5 Å². The predicted octanol–water partition coefficient (Wildman–Crippen LogP) is 4.20. The van der Waals surface area contributed by atoms with Gasteiger partial charge in [-0.2, -0.15) is 0 Å². The van der Waals surface area contributed by atoms with Crippen molar-refractivity contribution >= 4 is 11.7 Å². The number of hydrogen-bond donors (Lipinski definition) is 0. The molecule has 1 aliphatic heterocycles. The van der Waals surface area contributed by atoms with Gasteiger partial charge in [0.1, 0.15) is 11.5 Å². The van der Waals surface area contributed by atoms with Gasteiger partial charge < -0.3 is 14.4 Å². The van der Waals surface area contributed by atoms with Crippen LogP contribution in [0.25, 0.3) is 0 Å². The zero-order valence-corrected chi connectivity index (χ0v) is 17.4. The first kappa shape index (κ1) is 20.9. The molecular weight excluding hydrogens is 366 g/mol. The molecule has 154 valence electrons. The predicted molar refractivity (Wildman–Crippen MR) is 113 cm³/mol. The lowest BCUT2D eigenvalue weighted by Gasteiger charge is -2.31. The molecular formula is C24H29NO4. The third kappa shape index (κ3) is 5.37. The van der Waals surface area contributed by atoms with E-state index in [1.54, 1.807) is 7.11 Å². The van der Waals surface area contributed by atoms with E-state index in [0.717, 1.165) is 17.1 Å². The third-order valence-corrected chi connectivity index (χ3v) is 5.50. The number of benzene rings is 2. The monoisotopic (exact) mass is 395 g/mol. The minimum atomic E-state index is -0.0288. The molecule has 0 unspecified atom stereocenters. The maximum atomic E-state index is 12.7. The molecule has 5 heteroatoms. The first-order chi connectivity index (χ1) is 14.0. The van der Waals surface area contributed by atoms with Crippen molar-refractivity contribution in [2.75, 3.05) is 26.8 Å². The van der Waals surface area contributed by atoms with Gasteiger partial charge in [0.25, 0.3) is 0 Å². The van der Waals surface area contributed by atoms with Crippen molar-refractivity contribution in [3.63, 3.8) is 0 Å². The Balaban J connectivity index is 1.44. The van der Waals surface area contributed by atoms with Crippen LogP contribution in [0.15, 0.2) is 42.5 Å². The molecule has 0 aromatic heterocycles. The number of carbonyl (C=O) groups is 2. The van der Waals surface area contributed by atoms with Crippen molar-refractivity contribution in [3.05, 3.63) is 59.2 Å². The van der Waals surface area contributed by atoms with Crippen LogP contribution in [-0.4, -0.2) is 43.4 Å². The molecule has 1 amide bonds. The Bertz CT molecular complexity index is 852. The summed E-state index contributed by atoms with van der Waals surface area (Å²) in [6, 6.07) is 13.3. The average molecular weight is 395 g/mol. The Hall–Kier alpha value is -2.82. The molecule has 0 aliphatic carbocycles. The molecule has 1 heterocycles. The summed E-state index contributed by atoms with van der Waals surface area (Å²) in [5.41, 5.74) is 2.98. The van der Waals surface area contributed by atoms with Crippen LogP contribution in [0.1, 0.15) is 40.7 Å². The number of carbonyl (C=O) groups excluding carboxylic acids is 2. The lowest BCUT2D eigenvalue weighted by atomic mass is 9.89. The number of ether oxygens (including phenoxy) is 2. The summed E-state index contributed by atoms with van der Waals surface area (Å²) in [5, 5.41) is 0. The van der Waals surface area contributed by atoms with Gasteiger partial charge in [-0.05, 0) is 62.6 Å². The molecule has 5 nitrogen and oxygen atoms in total. The van der Waals surface area contributed by atoms with Crippen LogP contribution in [0, 0.1) is 19.8 Å². The van der Waals surface area contributed by atoms with Gasteiger partial charge in [0.05, 0.1) is 20.1 Å². The van der Waals surface area contributed by atoms with Crippen LogP contribution in [-0.2, 0) is 4.79 Å². The second-order valence-corrected chi connectivity index (χ2v) is 7.62. The number of methoxy groups -OCH3 is 1. The topological polar surface area (TPSA) is 55.8 Å². The highest BCUT2D eigenvalue weighted by atomic mass is 16.5. The second-order valence-electron chi connectivity index (χ2n) is 7.62. The molecule has 0 spiro atoms. The lowest BCUT2D eigenvalue weighted by Crippen LogP contribution is -2.40. The summed E-state index contributed by atoms with van der Waals surface area (Å²) in [6.45, 7) is 5.66. The highest BCUT2D eigenvalue weighted by Crippen LogP contribution is 2.24. The molecule has 0 radical (unpaired) electrons. The van der Waals surface area contributed by atoms with E-state index in [2.05, 4.69) is 6.07 Å². The summed E-state index contributed by atoms with van der Waals surface area (Å²) >= 11 is 0. The maximum absolute atomic E-state index is 12.7. The van der Waals surface area contributed by atoms with E-state index in [1.807, 2.05) is 55.1 Å². The summed E-state index contributed by atoms with van der Waals surface area (Å²) in [4.78, 5) is 27.0. The fourth-order valence-electron chi connectivity index (χ4n) is 3.75. The zero-order valence-electron chi connectivity index (χ0n) is 17.4. The molecule has 2 aromatic rings. The van der Waals surface area contributed by atoms with Crippen LogP contribution in [0.3, 0.4) is 0 Å². The van der Waals surface area contributed by atoms with Crippen molar-refractivity contribution in [2.24, 2.45) is 5.92 Å². The van der Waals surface area contributed by atoms with Crippen molar-refractivity contribution in [2.45, 2.75) is 33.1 Å². The standard InChI is InChI=1S/C24H29NO4/c1-17-4-9-22(18(2)16-17)29-15-12-23(26)25-13-10-20(11-14-25)24(27)19-5-7-21(28-3)8-6-19/h4-9,16,20H,10-15H2,1-3H3. The van der Waals surface area contributed by atoms with E-state index in [9.17, 15) is 9.59 Å². The number of piperidine rings is 1. The number of aryl methyl sites for hydroxylation is 2. The number of nitrogens with zero attached hydrogens (tertiary/aromatic N) is 1. The highest BCUT2D eigenvalue weighted by molar-refractivity contribution is 5.98. The van der Waals surface area contributed by atoms with Crippen LogP contribution in [0.5, 0.6) is 11.5 Å². The molecule has 2 aromatic carbocycles. The number of likely N-dealkylation sites (tertiary alicyclic amines) is 1. The fourth-order valence-corrected chi connectivity index (χ4v) is 3.75. The molecule has 1 fully saturated rings. The van der Waals surface area contributed by atoms with Gasteiger partial charge in [-0.3, -0.25) is 9.59 Å². The molecule has 29 heavy (non-hydrogen) atoms. The molecule has 3 rings (SSSR count). The Morgan fingerprint density at radius 2 is 1.72 bits per heavy atom. The number of ketones is 1. The number of amides is 1. The number of Topliss-reactive ketones (excluding diaryl/α,β-unsaturated/α-hetero) is 1. The Morgan fingerprint density at radius 3 is 2.34 bits per heavy atom. The largest absolute Gasteiger partial charge is 0.497 e. The van der Waals surface area contributed by atoms with Crippen LogP contribution >= 0.6 is 0 Å². The van der Waals surface area contributed by atoms with Gasteiger partial charge in [-0.25, -0.2) is 0 Å². The Kier molecular flexibility index (Phi) is 6.91. The molecule has 0 atom stereocenters. The quantitative estimate of drug-likeness (QED) is 0.659. The van der Waals surface area contributed by atoms with Crippen molar-refractivity contribution < 1.29 is 19.1 Å². The van der Waals surface area contributed by atoms with Crippen LogP contribution in [0.2, 0.25) is 0 Å². The molecule has 0 bridgehead atoms. The van der Waals surface area contributed by atoms with Gasteiger partial charge >= 0.3 is 0 Å². The van der Waals surface area contributed by atoms with Gasteiger partial charge in [0.15, 0.2) is 5.78 Å². The molecule has 1 saturated heterocycles. The average Bonchev–Trinajstić information content (AvgIpc) is 2.75. The SMILES string of the molecule is COc1ccc(C(=O)C2CCN(C(=O)CCOc3ccc(C)cc3C)CC2)cc1. The van der Waals surface area contributed by atoms with Gasteiger partial charge in [-0.15, -0.1) is 0 Å². The summed E-state index contributed by atoms with van der Waals surface area (Å²) < 4.78 is 10.9. The van der Waals surface area contributed by atoms with Crippen LogP contribution in [0.4, 0.5) is 0 Å². The summed E-state index contributed by atoms with van der Waals surface area (Å²) in [5.74, 6) is 1.78. The second kappa shape index (κ2) is 9.59. The molecule has 0 saturated carbocycles. The minimum Gasteiger partial charge on any atom is -0.497 e. The first-order valence-corrected chi connectivity index (χ1v) is 10.1. The van der Waals surface area contributed by atoms with E-state index in [4.69, 9.17) is 9.47 Å². The van der Waals surface area contributed by atoms with E-state index >= 15 is 0 Å². The lowest BCUT2D eigenvalue weighted by molar-refractivity contribution is -0.132. The molecule has 0 N–H and O–H groups in total. The van der Waals surface area contributed by atoms with Crippen molar-refractivity contribution in [1.82, 2.24) is 4.90 Å². The smallest absolute Gasteiger partial charge is 0.225 e. The van der Waals surface area contributed by atoms with Crippen molar-refractivity contribution in [3.8, 4) is 11.5 Å². The molecule has 1 aliphatic rings. The Morgan fingerprint density at radius 1 is 1.03 bits per heavy atom. The van der Waals surface area contributed by atoms with E-state index in [1.165, 1.54) is 5.56 Å². The Labute approximate surface area is 172 Å². The fraction of sp³-hybridized carbons (Fsp3) is 0.417. The van der Waals surface area contributed by atoms with Gasteiger partial charge in [0.2, 0.25) is 5.91 Å². The van der Waals surface area contributed by atoms with Gasteiger partial charge in [0, 0.05) is 24.6 Å². The summed E-state index contributed by atoms with van der Waals surface area (Å²) in [7, 11) is 1.61. The number of rotatable bonds is 7. The first-order valence-electron chi connectivity index (χ1n) is 10.1. The number of hydrogen-bond acceptors (Lipinski definition) is 4. The maximum Gasteiger partial charge on any atom is 0.225 e. The van der Waals surface area contributed by atoms with E-state index < -0.39 is 0 Å². The summed E-state index contributed by atoms with van der Waals surface area (Å²) in [6.07, 6.45) is 1.76.